The van der Waals surface area contributed by atoms with Gasteiger partial charge in [-0.3, -0.25) is 4.79 Å². The first kappa shape index (κ1) is 14.3. The van der Waals surface area contributed by atoms with Gasteiger partial charge in [0.15, 0.2) is 5.78 Å². The Bertz CT molecular complexity index is 732. The van der Waals surface area contributed by atoms with Gasteiger partial charge < -0.3 is 4.74 Å². The molecule has 0 unspecified atom stereocenters. The molecule has 0 saturated carbocycles. The van der Waals surface area contributed by atoms with Gasteiger partial charge in [0.25, 0.3) is 0 Å². The number of benzene rings is 2. The van der Waals surface area contributed by atoms with Gasteiger partial charge in [0, 0.05) is 26.6 Å². The molecule has 0 N–H and O–H groups in total. The number of carbonyl (C=O) groups excluding carboxylic acids is 1. The zero-order valence-corrected chi connectivity index (χ0v) is 14.0. The minimum atomic E-state index is -0.0437. The van der Waals surface area contributed by atoms with Crippen LogP contribution in [0.1, 0.15) is 40.9 Å². The molecule has 3 rings (SSSR count). The highest BCUT2D eigenvalue weighted by Gasteiger charge is 2.32. The number of hydrogen-bond acceptors (Lipinski definition) is 2. The molecule has 1 aliphatic rings. The highest BCUT2D eigenvalue weighted by molar-refractivity contribution is 9.10. The topological polar surface area (TPSA) is 26.3 Å². The van der Waals surface area contributed by atoms with E-state index in [1.54, 1.807) is 0 Å². The summed E-state index contributed by atoms with van der Waals surface area (Å²) in [5.41, 5.74) is 3.51. The molecule has 0 amide bonds. The molecule has 1 heterocycles. The van der Waals surface area contributed by atoms with Crippen LogP contribution in [0.25, 0.3) is 0 Å². The molecular weight excluding hydrogens is 328 g/mol. The lowest BCUT2D eigenvalue weighted by Crippen LogP contribution is -2.18. The molecular formula is C18H17BrO2. The summed E-state index contributed by atoms with van der Waals surface area (Å²) in [6.07, 6.45) is 0. The van der Waals surface area contributed by atoms with Gasteiger partial charge in [-0.05, 0) is 42.8 Å². The van der Waals surface area contributed by atoms with Crippen LogP contribution in [0.2, 0.25) is 0 Å². The Hall–Kier alpha value is -1.61. The van der Waals surface area contributed by atoms with Crippen LogP contribution < -0.4 is 4.74 Å². The second-order valence-electron chi connectivity index (χ2n) is 6.17. The van der Waals surface area contributed by atoms with Crippen LogP contribution in [-0.4, -0.2) is 12.4 Å². The van der Waals surface area contributed by atoms with Crippen LogP contribution in [0.4, 0.5) is 0 Å². The summed E-state index contributed by atoms with van der Waals surface area (Å²) < 4.78 is 6.60. The molecule has 2 nitrogen and oxygen atoms in total. The maximum atomic E-state index is 12.8. The van der Waals surface area contributed by atoms with Crippen molar-refractivity contribution in [3.05, 3.63) is 63.1 Å². The smallest absolute Gasteiger partial charge is 0.193 e. The van der Waals surface area contributed by atoms with Gasteiger partial charge in [-0.2, -0.15) is 0 Å². The van der Waals surface area contributed by atoms with Crippen LogP contribution in [-0.2, 0) is 5.41 Å². The van der Waals surface area contributed by atoms with Gasteiger partial charge >= 0.3 is 0 Å². The number of hydrogen-bond donors (Lipinski definition) is 0. The first-order valence-corrected chi connectivity index (χ1v) is 7.76. The van der Waals surface area contributed by atoms with E-state index in [2.05, 4.69) is 29.8 Å². The second kappa shape index (κ2) is 4.99. The van der Waals surface area contributed by atoms with E-state index in [4.69, 9.17) is 4.74 Å². The van der Waals surface area contributed by atoms with Crippen molar-refractivity contribution in [1.29, 1.82) is 0 Å². The lowest BCUT2D eigenvalue weighted by Gasteiger charge is -2.16. The molecule has 0 atom stereocenters. The predicted molar refractivity (Wildman–Crippen MR) is 87.3 cm³/mol. The van der Waals surface area contributed by atoms with E-state index in [1.165, 1.54) is 0 Å². The molecule has 108 valence electrons. The standard InChI is InChI=1S/C18H17BrO2/c1-11-4-6-13(19)9-14(11)17(20)12-5-7-16-15(8-12)18(2,3)10-21-16/h4-9H,10H2,1-3H3. The van der Waals surface area contributed by atoms with Crippen LogP contribution >= 0.6 is 15.9 Å². The van der Waals surface area contributed by atoms with Crippen molar-refractivity contribution in [2.24, 2.45) is 0 Å². The van der Waals surface area contributed by atoms with Crippen molar-refractivity contribution in [3.63, 3.8) is 0 Å². The molecule has 0 saturated heterocycles. The van der Waals surface area contributed by atoms with Crippen LogP contribution in [0.5, 0.6) is 5.75 Å². The lowest BCUT2D eigenvalue weighted by molar-refractivity contribution is 0.103. The predicted octanol–water partition coefficient (Wildman–Crippen LogP) is 4.66. The van der Waals surface area contributed by atoms with Crippen LogP contribution in [0.3, 0.4) is 0 Å². The van der Waals surface area contributed by atoms with Crippen LogP contribution in [0, 0.1) is 6.92 Å². The summed E-state index contributed by atoms with van der Waals surface area (Å²) in [6, 6.07) is 11.5. The fourth-order valence-corrected chi connectivity index (χ4v) is 3.02. The van der Waals surface area contributed by atoms with E-state index >= 15 is 0 Å². The summed E-state index contributed by atoms with van der Waals surface area (Å²) in [5, 5.41) is 0. The number of ether oxygens (including phenoxy) is 1. The zero-order valence-electron chi connectivity index (χ0n) is 12.4. The van der Waals surface area contributed by atoms with E-state index in [-0.39, 0.29) is 11.2 Å². The van der Waals surface area contributed by atoms with E-state index in [9.17, 15) is 4.79 Å². The molecule has 3 heteroatoms. The summed E-state index contributed by atoms with van der Waals surface area (Å²) in [5.74, 6) is 0.946. The third-order valence-corrected chi connectivity index (χ3v) is 4.50. The molecule has 0 fully saturated rings. The third-order valence-electron chi connectivity index (χ3n) is 4.00. The Morgan fingerprint density at radius 1 is 1.19 bits per heavy atom. The van der Waals surface area contributed by atoms with E-state index in [0.717, 1.165) is 26.9 Å². The number of halogens is 1. The van der Waals surface area contributed by atoms with Crippen molar-refractivity contribution in [3.8, 4) is 5.75 Å². The first-order valence-electron chi connectivity index (χ1n) is 6.97. The molecule has 0 aromatic heterocycles. The van der Waals surface area contributed by atoms with Gasteiger partial charge in [0.2, 0.25) is 0 Å². The third kappa shape index (κ3) is 2.51. The van der Waals surface area contributed by atoms with Crippen molar-refractivity contribution in [1.82, 2.24) is 0 Å². The molecule has 0 bridgehead atoms. The molecule has 0 aliphatic carbocycles. The number of aryl methyl sites for hydroxylation is 1. The van der Waals surface area contributed by atoms with Crippen molar-refractivity contribution < 1.29 is 9.53 Å². The number of ketones is 1. The molecule has 21 heavy (non-hydrogen) atoms. The first-order chi connectivity index (χ1) is 9.88. The van der Waals surface area contributed by atoms with Gasteiger partial charge in [0.1, 0.15) is 5.75 Å². The van der Waals surface area contributed by atoms with Gasteiger partial charge in [-0.25, -0.2) is 0 Å². The Labute approximate surface area is 133 Å². The minimum absolute atomic E-state index is 0.0437. The molecule has 2 aromatic carbocycles. The minimum Gasteiger partial charge on any atom is -0.492 e. The zero-order chi connectivity index (χ0) is 15.2. The molecule has 0 spiro atoms. The van der Waals surface area contributed by atoms with Crippen molar-refractivity contribution in [2.45, 2.75) is 26.2 Å². The lowest BCUT2D eigenvalue weighted by atomic mass is 9.85. The number of fused-ring (bicyclic) bond motifs is 1. The Kier molecular flexibility index (Phi) is 3.40. The molecule has 1 aliphatic heterocycles. The molecule has 2 aromatic rings. The Morgan fingerprint density at radius 3 is 2.71 bits per heavy atom. The maximum Gasteiger partial charge on any atom is 0.193 e. The van der Waals surface area contributed by atoms with E-state index in [1.807, 2.05) is 43.3 Å². The fraction of sp³-hybridized carbons (Fsp3) is 0.278. The summed E-state index contributed by atoms with van der Waals surface area (Å²) >= 11 is 3.43. The van der Waals surface area contributed by atoms with Crippen LogP contribution in [0.15, 0.2) is 40.9 Å². The molecule has 0 radical (unpaired) electrons. The van der Waals surface area contributed by atoms with Gasteiger partial charge in [-0.1, -0.05) is 35.8 Å². The Morgan fingerprint density at radius 2 is 1.95 bits per heavy atom. The number of carbonyl (C=O) groups is 1. The Balaban J connectivity index is 2.06. The highest BCUT2D eigenvalue weighted by atomic mass is 79.9. The van der Waals surface area contributed by atoms with Gasteiger partial charge in [0.05, 0.1) is 6.61 Å². The van der Waals surface area contributed by atoms with E-state index in [0.29, 0.717) is 12.2 Å². The quantitative estimate of drug-likeness (QED) is 0.740. The van der Waals surface area contributed by atoms with Crippen molar-refractivity contribution in [2.75, 3.05) is 6.61 Å². The van der Waals surface area contributed by atoms with Crippen molar-refractivity contribution >= 4 is 21.7 Å². The van der Waals surface area contributed by atoms with Gasteiger partial charge in [-0.15, -0.1) is 0 Å². The summed E-state index contributed by atoms with van der Waals surface area (Å²) in [6.45, 7) is 6.89. The fourth-order valence-electron chi connectivity index (χ4n) is 2.66. The average Bonchev–Trinajstić information content (AvgIpc) is 2.76. The largest absolute Gasteiger partial charge is 0.492 e. The second-order valence-corrected chi connectivity index (χ2v) is 7.09. The maximum absolute atomic E-state index is 12.8. The summed E-state index contributed by atoms with van der Waals surface area (Å²) in [7, 11) is 0. The summed E-state index contributed by atoms with van der Waals surface area (Å²) in [4.78, 5) is 12.8. The monoisotopic (exact) mass is 344 g/mol. The normalized spacial score (nSPS) is 15.4. The average molecular weight is 345 g/mol. The SMILES string of the molecule is Cc1ccc(Br)cc1C(=O)c1ccc2c(c1)C(C)(C)CO2. The van der Waals surface area contributed by atoms with E-state index < -0.39 is 0 Å². The number of rotatable bonds is 2. The highest BCUT2D eigenvalue weighted by Crippen LogP contribution is 2.39.